The first kappa shape index (κ1) is 15.9. The third-order valence-corrected chi connectivity index (χ3v) is 5.75. The Labute approximate surface area is 131 Å². The largest absolute Gasteiger partial charge is 0.461 e. The number of fused-ring (bicyclic) bond motifs is 1. The lowest BCUT2D eigenvalue weighted by Gasteiger charge is -2.21. The van der Waals surface area contributed by atoms with Gasteiger partial charge in [-0.05, 0) is 37.0 Å². The summed E-state index contributed by atoms with van der Waals surface area (Å²) in [7, 11) is -2.96. The van der Waals surface area contributed by atoms with Gasteiger partial charge in [-0.3, -0.25) is 0 Å². The Bertz CT molecular complexity index is 807. The van der Waals surface area contributed by atoms with E-state index in [1.54, 1.807) is 0 Å². The van der Waals surface area contributed by atoms with Crippen LogP contribution in [0.25, 0.3) is 10.9 Å². The van der Waals surface area contributed by atoms with E-state index >= 15 is 0 Å². The molecule has 124 valence electrons. The van der Waals surface area contributed by atoms with E-state index in [0.29, 0.717) is 12.8 Å². The summed E-state index contributed by atoms with van der Waals surface area (Å²) >= 11 is 0. The van der Waals surface area contributed by atoms with Crippen LogP contribution in [0, 0.1) is 17.6 Å². The van der Waals surface area contributed by atoms with Gasteiger partial charge in [0.05, 0.1) is 23.6 Å². The first-order valence-electron chi connectivity index (χ1n) is 7.20. The van der Waals surface area contributed by atoms with Crippen molar-refractivity contribution in [1.82, 2.24) is 4.98 Å². The number of hydrogen-bond acceptors (Lipinski definition) is 4. The fourth-order valence-corrected chi connectivity index (χ4v) is 4.23. The monoisotopic (exact) mass is 343 g/mol. The van der Waals surface area contributed by atoms with Crippen molar-refractivity contribution >= 4 is 26.7 Å². The number of aromatic amines is 1. The zero-order valence-corrected chi connectivity index (χ0v) is 13.0. The zero-order valence-electron chi connectivity index (χ0n) is 12.1. The molecule has 0 bridgehead atoms. The Morgan fingerprint density at radius 2 is 1.87 bits per heavy atom. The number of ether oxygens (including phenoxy) is 1. The highest BCUT2D eigenvalue weighted by Crippen LogP contribution is 2.23. The van der Waals surface area contributed by atoms with Gasteiger partial charge in [-0.1, -0.05) is 0 Å². The van der Waals surface area contributed by atoms with Crippen LogP contribution in [0.5, 0.6) is 0 Å². The van der Waals surface area contributed by atoms with Crippen LogP contribution in [0.3, 0.4) is 0 Å². The van der Waals surface area contributed by atoms with Crippen LogP contribution in [0.15, 0.2) is 18.2 Å². The average Bonchev–Trinajstić information content (AvgIpc) is 2.96. The van der Waals surface area contributed by atoms with Crippen molar-refractivity contribution in [3.8, 4) is 0 Å². The number of esters is 1. The molecule has 0 saturated carbocycles. The molecule has 0 radical (unpaired) electrons. The van der Waals surface area contributed by atoms with Gasteiger partial charge in [0, 0.05) is 5.39 Å². The first-order chi connectivity index (χ1) is 10.9. The minimum atomic E-state index is -2.96. The number of nitrogens with one attached hydrogen (secondary N) is 1. The zero-order chi connectivity index (χ0) is 16.6. The Kier molecular flexibility index (Phi) is 4.09. The number of benzene rings is 1. The predicted molar refractivity (Wildman–Crippen MR) is 79.9 cm³/mol. The number of hydrogen-bond donors (Lipinski definition) is 1. The van der Waals surface area contributed by atoms with E-state index in [9.17, 15) is 22.0 Å². The Hall–Kier alpha value is -1.96. The maximum absolute atomic E-state index is 13.6. The number of sulfone groups is 1. The van der Waals surface area contributed by atoms with E-state index < -0.39 is 27.4 Å². The lowest BCUT2D eigenvalue weighted by atomic mass is 10.0. The van der Waals surface area contributed by atoms with Crippen molar-refractivity contribution in [2.45, 2.75) is 12.8 Å². The molecule has 23 heavy (non-hydrogen) atoms. The number of rotatable bonds is 3. The number of carbonyl (C=O) groups excluding carboxylic acids is 1. The molecular formula is C15H15F2NO4S. The Morgan fingerprint density at radius 3 is 2.52 bits per heavy atom. The van der Waals surface area contributed by atoms with Gasteiger partial charge in [-0.2, -0.15) is 0 Å². The van der Waals surface area contributed by atoms with Crippen LogP contribution < -0.4 is 0 Å². The highest BCUT2D eigenvalue weighted by atomic mass is 32.2. The number of H-pyrrole nitrogens is 1. The van der Waals surface area contributed by atoms with Crippen molar-refractivity contribution in [3.05, 3.63) is 35.5 Å². The molecule has 1 aliphatic heterocycles. The number of carbonyl (C=O) groups is 1. The van der Waals surface area contributed by atoms with Crippen LogP contribution >= 0.6 is 0 Å². The standard InChI is InChI=1S/C15H15F2NO4S/c16-11-1-2-12(17)14-10(11)7-13(18-14)15(19)22-8-9-3-5-23(20,21)6-4-9/h1-2,7,9,18H,3-6,8H2. The second kappa shape index (κ2) is 5.92. The Balaban J connectivity index is 1.67. The van der Waals surface area contributed by atoms with Crippen molar-refractivity contribution in [1.29, 1.82) is 0 Å². The maximum Gasteiger partial charge on any atom is 0.354 e. The molecule has 1 aliphatic rings. The minimum Gasteiger partial charge on any atom is -0.461 e. The van der Waals surface area contributed by atoms with Crippen LogP contribution in [0.4, 0.5) is 8.78 Å². The normalized spacial score (nSPS) is 18.2. The van der Waals surface area contributed by atoms with Gasteiger partial charge in [0.25, 0.3) is 0 Å². The molecule has 1 N–H and O–H groups in total. The van der Waals surface area contributed by atoms with E-state index in [1.807, 2.05) is 0 Å². The molecule has 3 rings (SSSR count). The Morgan fingerprint density at radius 1 is 1.22 bits per heavy atom. The summed E-state index contributed by atoms with van der Waals surface area (Å²) in [6.45, 7) is 0.0919. The molecule has 0 atom stereocenters. The smallest absolute Gasteiger partial charge is 0.354 e. The van der Waals surface area contributed by atoms with Crippen LogP contribution in [0.1, 0.15) is 23.3 Å². The number of halogens is 2. The van der Waals surface area contributed by atoms with Crippen LogP contribution in [-0.2, 0) is 14.6 Å². The van der Waals surface area contributed by atoms with E-state index in [2.05, 4.69) is 4.98 Å². The molecule has 0 aliphatic carbocycles. The van der Waals surface area contributed by atoms with E-state index in [1.165, 1.54) is 6.07 Å². The SMILES string of the molecule is O=C(OCC1CCS(=O)(=O)CC1)c1cc2c(F)ccc(F)c2[nH]1. The van der Waals surface area contributed by atoms with E-state index in [0.717, 1.165) is 12.1 Å². The highest BCUT2D eigenvalue weighted by molar-refractivity contribution is 7.91. The van der Waals surface area contributed by atoms with Gasteiger partial charge >= 0.3 is 5.97 Å². The minimum absolute atomic E-state index is 0.0132. The van der Waals surface area contributed by atoms with E-state index in [-0.39, 0.29) is 40.6 Å². The van der Waals surface area contributed by atoms with Crippen LogP contribution in [-0.4, -0.2) is 37.5 Å². The molecule has 1 saturated heterocycles. The lowest BCUT2D eigenvalue weighted by molar-refractivity contribution is 0.0426. The third kappa shape index (κ3) is 3.36. The quantitative estimate of drug-likeness (QED) is 0.869. The summed E-state index contributed by atoms with van der Waals surface area (Å²) in [6.07, 6.45) is 0.900. The molecular weight excluding hydrogens is 328 g/mol. The molecule has 5 nitrogen and oxygen atoms in total. The molecule has 1 aromatic carbocycles. The highest BCUT2D eigenvalue weighted by Gasteiger charge is 2.25. The van der Waals surface area contributed by atoms with Gasteiger partial charge in [-0.15, -0.1) is 0 Å². The van der Waals surface area contributed by atoms with E-state index in [4.69, 9.17) is 4.74 Å². The molecule has 2 aromatic rings. The van der Waals surface area contributed by atoms with Gasteiger partial charge < -0.3 is 9.72 Å². The molecule has 1 fully saturated rings. The summed E-state index contributed by atoms with van der Waals surface area (Å²) in [4.78, 5) is 14.5. The molecule has 0 spiro atoms. The second-order valence-electron chi connectivity index (χ2n) is 5.69. The third-order valence-electron chi connectivity index (χ3n) is 4.03. The molecule has 0 amide bonds. The van der Waals surface area contributed by atoms with Gasteiger partial charge in [-0.25, -0.2) is 22.0 Å². The van der Waals surface area contributed by atoms with Crippen molar-refractivity contribution in [2.24, 2.45) is 5.92 Å². The second-order valence-corrected chi connectivity index (χ2v) is 8.00. The molecule has 8 heteroatoms. The summed E-state index contributed by atoms with van der Waals surface area (Å²) < 4.78 is 55.0. The van der Waals surface area contributed by atoms with Gasteiger partial charge in [0.1, 0.15) is 27.2 Å². The van der Waals surface area contributed by atoms with Gasteiger partial charge in [0.15, 0.2) is 0 Å². The fraction of sp³-hybridized carbons (Fsp3) is 0.400. The summed E-state index contributed by atoms with van der Waals surface area (Å²) in [5, 5.41) is -0.0132. The first-order valence-corrected chi connectivity index (χ1v) is 9.02. The summed E-state index contributed by atoms with van der Waals surface area (Å²) in [5.41, 5.74) is -0.117. The predicted octanol–water partition coefficient (Wildman–Crippen LogP) is 2.43. The number of aromatic nitrogens is 1. The summed E-state index contributed by atoms with van der Waals surface area (Å²) in [6, 6.07) is 3.18. The van der Waals surface area contributed by atoms with Crippen molar-refractivity contribution < 1.29 is 26.7 Å². The molecule has 1 aromatic heterocycles. The van der Waals surface area contributed by atoms with Gasteiger partial charge in [0.2, 0.25) is 0 Å². The van der Waals surface area contributed by atoms with Crippen molar-refractivity contribution in [3.63, 3.8) is 0 Å². The molecule has 2 heterocycles. The topological polar surface area (TPSA) is 76.2 Å². The van der Waals surface area contributed by atoms with Crippen LogP contribution in [0.2, 0.25) is 0 Å². The average molecular weight is 343 g/mol. The molecule has 0 unspecified atom stereocenters. The summed E-state index contributed by atoms with van der Waals surface area (Å²) in [5.74, 6) is -1.82. The lowest BCUT2D eigenvalue weighted by Crippen LogP contribution is -2.27. The fourth-order valence-electron chi connectivity index (χ4n) is 2.64. The maximum atomic E-state index is 13.6. The van der Waals surface area contributed by atoms with Crippen molar-refractivity contribution in [2.75, 3.05) is 18.1 Å².